The van der Waals surface area contributed by atoms with Crippen LogP contribution in [0.1, 0.15) is 37.4 Å². The normalized spacial score (nSPS) is 15.0. The molecule has 0 spiro atoms. The molecule has 24 heavy (non-hydrogen) atoms. The lowest BCUT2D eigenvalue weighted by atomic mass is 10.1. The molecule has 1 N–H and O–H groups in total. The van der Waals surface area contributed by atoms with Crippen LogP contribution >= 0.6 is 39.3 Å². The van der Waals surface area contributed by atoms with Gasteiger partial charge in [-0.2, -0.15) is 0 Å². The highest BCUT2D eigenvalue weighted by atomic mass is 79.9. The molecule has 0 aliphatic heterocycles. The van der Waals surface area contributed by atoms with Gasteiger partial charge in [0.25, 0.3) is 0 Å². The van der Waals surface area contributed by atoms with Gasteiger partial charge in [-0.15, -0.1) is 10.2 Å². The van der Waals surface area contributed by atoms with Crippen LogP contribution in [0.2, 0.25) is 5.02 Å². The summed E-state index contributed by atoms with van der Waals surface area (Å²) >= 11 is 10.8. The number of hydrogen-bond donors (Lipinski definition) is 1. The highest BCUT2D eigenvalue weighted by molar-refractivity contribution is 9.10. The maximum absolute atomic E-state index is 12.1. The standard InChI is InChI=1S/C16H18BrClN4OS/c1-22-15(10-4-2-3-5-10)20-21-16(22)24-9-14(23)19-13-7-6-11(17)8-12(13)18/h6-8,10H,2-5,9H2,1H3,(H,19,23). The van der Waals surface area contributed by atoms with E-state index in [2.05, 4.69) is 31.4 Å². The summed E-state index contributed by atoms with van der Waals surface area (Å²) < 4.78 is 2.89. The highest BCUT2D eigenvalue weighted by Crippen LogP contribution is 2.34. The fraction of sp³-hybridized carbons (Fsp3) is 0.438. The SMILES string of the molecule is Cn1c(SCC(=O)Nc2ccc(Br)cc2Cl)nnc1C1CCCC1. The third-order valence-electron chi connectivity index (χ3n) is 4.13. The summed E-state index contributed by atoms with van der Waals surface area (Å²) in [5.74, 6) is 1.69. The number of hydrogen-bond acceptors (Lipinski definition) is 4. The molecule has 1 aromatic heterocycles. The van der Waals surface area contributed by atoms with E-state index in [0.717, 1.165) is 15.5 Å². The zero-order chi connectivity index (χ0) is 17.1. The Hall–Kier alpha value is -1.05. The van der Waals surface area contributed by atoms with Crippen LogP contribution in [0.5, 0.6) is 0 Å². The predicted octanol–water partition coefficient (Wildman–Crippen LogP) is 4.62. The summed E-state index contributed by atoms with van der Waals surface area (Å²) in [5.41, 5.74) is 0.607. The number of carbonyl (C=O) groups excluding carboxylic acids is 1. The Labute approximate surface area is 158 Å². The number of amides is 1. The van der Waals surface area contributed by atoms with Crippen LogP contribution in [0.25, 0.3) is 0 Å². The number of nitrogens with one attached hydrogen (secondary N) is 1. The molecule has 1 aromatic carbocycles. The van der Waals surface area contributed by atoms with Gasteiger partial charge in [0.2, 0.25) is 5.91 Å². The maximum Gasteiger partial charge on any atom is 0.234 e. The van der Waals surface area contributed by atoms with Crippen LogP contribution in [0.3, 0.4) is 0 Å². The minimum absolute atomic E-state index is 0.116. The molecule has 0 unspecified atom stereocenters. The average molecular weight is 430 g/mol. The molecule has 2 aromatic rings. The van der Waals surface area contributed by atoms with Crippen LogP contribution in [0.15, 0.2) is 27.8 Å². The average Bonchev–Trinajstić information content (AvgIpc) is 3.18. The molecule has 1 heterocycles. The molecule has 1 aliphatic rings. The molecule has 0 radical (unpaired) electrons. The van der Waals surface area contributed by atoms with Crippen LogP contribution in [0.4, 0.5) is 5.69 Å². The number of thioether (sulfide) groups is 1. The Morgan fingerprint density at radius 2 is 2.17 bits per heavy atom. The number of benzene rings is 1. The number of halogens is 2. The highest BCUT2D eigenvalue weighted by Gasteiger charge is 2.23. The van der Waals surface area contributed by atoms with E-state index in [1.807, 2.05) is 17.7 Å². The lowest BCUT2D eigenvalue weighted by molar-refractivity contribution is -0.113. The van der Waals surface area contributed by atoms with Gasteiger partial charge >= 0.3 is 0 Å². The molecule has 0 bridgehead atoms. The van der Waals surface area contributed by atoms with Gasteiger partial charge in [-0.1, -0.05) is 52.1 Å². The fourth-order valence-electron chi connectivity index (χ4n) is 2.90. The molecule has 1 aliphatic carbocycles. The first-order chi connectivity index (χ1) is 11.5. The van der Waals surface area contributed by atoms with Crippen LogP contribution in [-0.2, 0) is 11.8 Å². The van der Waals surface area contributed by atoms with Crippen molar-refractivity contribution in [1.29, 1.82) is 0 Å². The van der Waals surface area contributed by atoms with Crippen molar-refractivity contribution in [1.82, 2.24) is 14.8 Å². The molecule has 1 amide bonds. The Bertz CT molecular complexity index is 746. The first-order valence-corrected chi connectivity index (χ1v) is 9.97. The van der Waals surface area contributed by atoms with Crippen molar-refractivity contribution in [3.8, 4) is 0 Å². The smallest absolute Gasteiger partial charge is 0.234 e. The van der Waals surface area contributed by atoms with E-state index in [4.69, 9.17) is 11.6 Å². The van der Waals surface area contributed by atoms with Crippen molar-refractivity contribution in [2.45, 2.75) is 36.8 Å². The first kappa shape index (κ1) is 17.8. The van der Waals surface area contributed by atoms with E-state index < -0.39 is 0 Å². The van der Waals surface area contributed by atoms with Crippen molar-refractivity contribution in [3.63, 3.8) is 0 Å². The van der Waals surface area contributed by atoms with Crippen molar-refractivity contribution < 1.29 is 4.79 Å². The molecule has 1 saturated carbocycles. The summed E-state index contributed by atoms with van der Waals surface area (Å²) in [7, 11) is 1.97. The van der Waals surface area contributed by atoms with Crippen molar-refractivity contribution in [2.24, 2.45) is 7.05 Å². The lowest BCUT2D eigenvalue weighted by Gasteiger charge is -2.09. The van der Waals surface area contributed by atoms with Crippen LogP contribution < -0.4 is 5.32 Å². The Kier molecular flexibility index (Phi) is 5.84. The summed E-state index contributed by atoms with van der Waals surface area (Å²) in [6.07, 6.45) is 4.88. The number of anilines is 1. The largest absolute Gasteiger partial charge is 0.324 e. The predicted molar refractivity (Wildman–Crippen MR) is 101 cm³/mol. The summed E-state index contributed by atoms with van der Waals surface area (Å²) in [4.78, 5) is 12.1. The second kappa shape index (κ2) is 7.89. The van der Waals surface area contributed by atoms with E-state index >= 15 is 0 Å². The molecule has 3 rings (SSSR count). The van der Waals surface area contributed by atoms with Gasteiger partial charge < -0.3 is 9.88 Å². The van der Waals surface area contributed by atoms with Crippen molar-refractivity contribution in [2.75, 3.05) is 11.1 Å². The lowest BCUT2D eigenvalue weighted by Crippen LogP contribution is -2.15. The molecule has 8 heteroatoms. The quantitative estimate of drug-likeness (QED) is 0.705. The number of aromatic nitrogens is 3. The van der Waals surface area contributed by atoms with Crippen molar-refractivity contribution in [3.05, 3.63) is 33.5 Å². The molecule has 128 valence electrons. The van der Waals surface area contributed by atoms with Gasteiger partial charge in [-0.3, -0.25) is 4.79 Å². The minimum Gasteiger partial charge on any atom is -0.324 e. The molecule has 0 saturated heterocycles. The molecular formula is C16H18BrClN4OS. The second-order valence-electron chi connectivity index (χ2n) is 5.84. The summed E-state index contributed by atoms with van der Waals surface area (Å²) in [5, 5.41) is 12.6. The fourth-order valence-corrected chi connectivity index (χ4v) is 4.34. The number of nitrogens with zero attached hydrogens (tertiary/aromatic N) is 3. The molecule has 0 atom stereocenters. The summed E-state index contributed by atoms with van der Waals surface area (Å²) in [6.45, 7) is 0. The topological polar surface area (TPSA) is 59.8 Å². The molecular weight excluding hydrogens is 412 g/mol. The van der Waals surface area contributed by atoms with Gasteiger partial charge in [0.05, 0.1) is 16.5 Å². The molecule has 1 fully saturated rings. The zero-order valence-corrected chi connectivity index (χ0v) is 16.4. The van der Waals surface area contributed by atoms with Gasteiger partial charge in [-0.25, -0.2) is 0 Å². The van der Waals surface area contributed by atoms with Gasteiger partial charge in [0.1, 0.15) is 5.82 Å². The molecule has 5 nitrogen and oxygen atoms in total. The van der Waals surface area contributed by atoms with E-state index in [1.54, 1.807) is 12.1 Å². The third kappa shape index (κ3) is 4.13. The van der Waals surface area contributed by atoms with Gasteiger partial charge in [0, 0.05) is 17.4 Å². The van der Waals surface area contributed by atoms with Gasteiger partial charge in [0.15, 0.2) is 5.16 Å². The minimum atomic E-state index is -0.116. The second-order valence-corrected chi connectivity index (χ2v) is 8.11. The zero-order valence-electron chi connectivity index (χ0n) is 13.3. The maximum atomic E-state index is 12.1. The van der Waals surface area contributed by atoms with E-state index in [0.29, 0.717) is 16.6 Å². The number of carbonyl (C=O) groups is 1. The van der Waals surface area contributed by atoms with Crippen LogP contribution in [0, 0.1) is 0 Å². The number of rotatable bonds is 5. The third-order valence-corrected chi connectivity index (χ3v) is 5.95. The first-order valence-electron chi connectivity index (χ1n) is 7.81. The Morgan fingerprint density at radius 1 is 1.42 bits per heavy atom. The van der Waals surface area contributed by atoms with Crippen molar-refractivity contribution >= 4 is 50.9 Å². The van der Waals surface area contributed by atoms with Crippen LogP contribution in [-0.4, -0.2) is 26.4 Å². The monoisotopic (exact) mass is 428 g/mol. The Morgan fingerprint density at radius 3 is 2.88 bits per heavy atom. The van der Waals surface area contributed by atoms with E-state index in [9.17, 15) is 4.79 Å². The Balaban J connectivity index is 1.58. The summed E-state index contributed by atoms with van der Waals surface area (Å²) in [6, 6.07) is 5.36. The van der Waals surface area contributed by atoms with E-state index in [1.165, 1.54) is 37.4 Å². The van der Waals surface area contributed by atoms with E-state index in [-0.39, 0.29) is 11.7 Å². The van der Waals surface area contributed by atoms with Gasteiger partial charge in [-0.05, 0) is 31.0 Å².